The molecule has 1 aromatic carbocycles. The first-order valence-electron chi connectivity index (χ1n) is 6.90. The molecule has 0 aliphatic carbocycles. The number of benzene rings is 1. The van der Waals surface area contributed by atoms with Crippen molar-refractivity contribution in [3.8, 4) is 0 Å². The fraction of sp³-hybridized carbons (Fsp3) is 0.438. The van der Waals surface area contributed by atoms with E-state index in [2.05, 4.69) is 74.0 Å². The summed E-state index contributed by atoms with van der Waals surface area (Å²) in [6.07, 6.45) is 0. The van der Waals surface area contributed by atoms with Gasteiger partial charge in [-0.05, 0) is 46.2 Å². The van der Waals surface area contributed by atoms with Crippen LogP contribution in [0.1, 0.15) is 42.4 Å². The molecule has 0 bridgehead atoms. The first kappa shape index (κ1) is 13.7. The molecule has 0 saturated carbocycles. The highest BCUT2D eigenvalue weighted by molar-refractivity contribution is 5.52. The summed E-state index contributed by atoms with van der Waals surface area (Å²) >= 11 is 0. The highest BCUT2D eigenvalue weighted by atomic mass is 15.3. The Bertz CT molecular complexity index is 569. The van der Waals surface area contributed by atoms with Crippen LogP contribution in [0.4, 0.5) is 5.69 Å². The van der Waals surface area contributed by atoms with Crippen molar-refractivity contribution in [3.63, 3.8) is 0 Å². The van der Waals surface area contributed by atoms with Gasteiger partial charge in [-0.1, -0.05) is 18.2 Å². The molecule has 3 heteroatoms. The number of hydrogen-bond donors (Lipinski definition) is 1. The van der Waals surface area contributed by atoms with E-state index in [1.165, 1.54) is 22.5 Å². The van der Waals surface area contributed by atoms with Gasteiger partial charge in [0.2, 0.25) is 0 Å². The number of hydrogen-bond acceptors (Lipinski definition) is 2. The molecule has 1 unspecified atom stereocenters. The van der Waals surface area contributed by atoms with Crippen LogP contribution in [0.3, 0.4) is 0 Å². The summed E-state index contributed by atoms with van der Waals surface area (Å²) in [5, 5.41) is 8.18. The van der Waals surface area contributed by atoms with Crippen molar-refractivity contribution in [3.05, 3.63) is 46.8 Å². The van der Waals surface area contributed by atoms with E-state index in [1.807, 2.05) is 0 Å². The molecule has 0 aliphatic rings. The monoisotopic (exact) mass is 257 g/mol. The van der Waals surface area contributed by atoms with Gasteiger partial charge in [-0.15, -0.1) is 0 Å². The van der Waals surface area contributed by atoms with Crippen molar-refractivity contribution >= 4 is 5.69 Å². The lowest BCUT2D eigenvalue weighted by molar-refractivity contribution is 0.632. The maximum Gasteiger partial charge on any atom is 0.0649 e. The Balaban J connectivity index is 2.28. The van der Waals surface area contributed by atoms with Crippen molar-refractivity contribution < 1.29 is 0 Å². The molecule has 1 atom stereocenters. The lowest BCUT2D eigenvalue weighted by Gasteiger charge is -2.18. The lowest BCUT2D eigenvalue weighted by Crippen LogP contribution is -2.10. The van der Waals surface area contributed by atoms with Crippen LogP contribution in [0.2, 0.25) is 0 Å². The van der Waals surface area contributed by atoms with E-state index < -0.39 is 0 Å². The summed E-state index contributed by atoms with van der Waals surface area (Å²) in [6, 6.07) is 8.65. The molecule has 19 heavy (non-hydrogen) atoms. The van der Waals surface area contributed by atoms with Crippen LogP contribution in [0.5, 0.6) is 0 Å². The molecule has 0 saturated heterocycles. The zero-order chi connectivity index (χ0) is 14.0. The van der Waals surface area contributed by atoms with Gasteiger partial charge < -0.3 is 5.32 Å². The highest BCUT2D eigenvalue weighted by Gasteiger charge is 2.17. The van der Waals surface area contributed by atoms with Crippen LogP contribution in [-0.2, 0) is 6.54 Å². The normalized spacial score (nSPS) is 12.5. The first-order valence-corrected chi connectivity index (χ1v) is 6.90. The molecule has 0 spiro atoms. The van der Waals surface area contributed by atoms with Crippen molar-refractivity contribution in [2.24, 2.45) is 0 Å². The van der Waals surface area contributed by atoms with E-state index in [9.17, 15) is 0 Å². The van der Waals surface area contributed by atoms with Crippen molar-refractivity contribution in [2.45, 2.75) is 47.2 Å². The lowest BCUT2D eigenvalue weighted by atomic mass is 10.1. The summed E-state index contributed by atoms with van der Waals surface area (Å²) in [5.41, 5.74) is 6.15. The zero-order valence-corrected chi connectivity index (χ0v) is 12.5. The quantitative estimate of drug-likeness (QED) is 0.897. The highest BCUT2D eigenvalue weighted by Crippen LogP contribution is 2.26. The van der Waals surface area contributed by atoms with Gasteiger partial charge in [0.25, 0.3) is 0 Å². The number of para-hydroxylation sites is 1. The maximum atomic E-state index is 4.59. The third kappa shape index (κ3) is 2.65. The van der Waals surface area contributed by atoms with Crippen LogP contribution in [0, 0.1) is 20.8 Å². The van der Waals surface area contributed by atoms with Gasteiger partial charge in [0.15, 0.2) is 0 Å². The number of nitrogens with zero attached hydrogens (tertiary/aromatic N) is 2. The second-order valence-electron chi connectivity index (χ2n) is 5.08. The molecular weight excluding hydrogens is 234 g/mol. The van der Waals surface area contributed by atoms with Crippen LogP contribution >= 0.6 is 0 Å². The minimum absolute atomic E-state index is 0.265. The topological polar surface area (TPSA) is 29.9 Å². The molecule has 2 rings (SSSR count). The largest absolute Gasteiger partial charge is 0.378 e. The summed E-state index contributed by atoms with van der Waals surface area (Å²) in [4.78, 5) is 0. The van der Waals surface area contributed by atoms with Crippen LogP contribution in [0.15, 0.2) is 24.3 Å². The van der Waals surface area contributed by atoms with Crippen LogP contribution < -0.4 is 5.32 Å². The third-order valence-corrected chi connectivity index (χ3v) is 3.69. The van der Waals surface area contributed by atoms with E-state index in [-0.39, 0.29) is 6.04 Å². The Morgan fingerprint density at radius 2 is 1.89 bits per heavy atom. The van der Waals surface area contributed by atoms with E-state index >= 15 is 0 Å². The van der Waals surface area contributed by atoms with Gasteiger partial charge in [0.1, 0.15) is 0 Å². The molecule has 3 nitrogen and oxygen atoms in total. The molecule has 2 aromatic rings. The Morgan fingerprint density at radius 1 is 1.21 bits per heavy atom. The second kappa shape index (κ2) is 5.47. The maximum absolute atomic E-state index is 4.59. The Morgan fingerprint density at radius 3 is 2.47 bits per heavy atom. The fourth-order valence-corrected chi connectivity index (χ4v) is 2.69. The van der Waals surface area contributed by atoms with E-state index in [4.69, 9.17) is 0 Å². The second-order valence-corrected chi connectivity index (χ2v) is 5.08. The summed E-state index contributed by atoms with van der Waals surface area (Å²) in [6.45, 7) is 11.6. The third-order valence-electron chi connectivity index (χ3n) is 3.69. The standard InChI is InChI=1S/C16H23N3/c1-6-19-14(5)16(13(4)18-19)12(3)17-15-10-8-7-9-11(15)2/h7-10,12,17H,6H2,1-5H3. The van der Waals surface area contributed by atoms with E-state index in [0.717, 1.165) is 12.2 Å². The molecule has 0 fully saturated rings. The molecule has 0 amide bonds. The summed E-state index contributed by atoms with van der Waals surface area (Å²) in [5.74, 6) is 0. The number of anilines is 1. The minimum Gasteiger partial charge on any atom is -0.378 e. The first-order chi connectivity index (χ1) is 9.04. The molecule has 1 N–H and O–H groups in total. The smallest absolute Gasteiger partial charge is 0.0649 e. The van der Waals surface area contributed by atoms with Crippen molar-refractivity contribution in [1.82, 2.24) is 9.78 Å². The predicted octanol–water partition coefficient (Wildman–Crippen LogP) is 4.00. The van der Waals surface area contributed by atoms with E-state index in [1.54, 1.807) is 0 Å². The van der Waals surface area contributed by atoms with Gasteiger partial charge in [-0.25, -0.2) is 0 Å². The van der Waals surface area contributed by atoms with Gasteiger partial charge in [-0.2, -0.15) is 5.10 Å². The molecular formula is C16H23N3. The van der Waals surface area contributed by atoms with Crippen LogP contribution in [-0.4, -0.2) is 9.78 Å². The zero-order valence-electron chi connectivity index (χ0n) is 12.5. The van der Waals surface area contributed by atoms with Gasteiger partial charge in [0, 0.05) is 23.5 Å². The van der Waals surface area contributed by atoms with Crippen LogP contribution in [0.25, 0.3) is 0 Å². The summed E-state index contributed by atoms with van der Waals surface area (Å²) in [7, 11) is 0. The van der Waals surface area contributed by atoms with E-state index in [0.29, 0.717) is 0 Å². The Labute approximate surface area is 115 Å². The Kier molecular flexibility index (Phi) is 3.93. The number of rotatable bonds is 4. The Hall–Kier alpha value is -1.77. The van der Waals surface area contributed by atoms with Crippen molar-refractivity contribution in [2.75, 3.05) is 5.32 Å². The number of aryl methyl sites for hydroxylation is 3. The minimum atomic E-state index is 0.265. The molecule has 1 aromatic heterocycles. The SMILES string of the molecule is CCn1nc(C)c(C(C)Nc2ccccc2C)c1C. The predicted molar refractivity (Wildman–Crippen MR) is 80.6 cm³/mol. The van der Waals surface area contributed by atoms with Crippen molar-refractivity contribution in [1.29, 1.82) is 0 Å². The van der Waals surface area contributed by atoms with Gasteiger partial charge in [-0.3, -0.25) is 4.68 Å². The number of aromatic nitrogens is 2. The summed E-state index contributed by atoms with van der Waals surface area (Å²) < 4.78 is 2.07. The molecule has 1 heterocycles. The number of nitrogens with one attached hydrogen (secondary N) is 1. The van der Waals surface area contributed by atoms with Gasteiger partial charge >= 0.3 is 0 Å². The average molecular weight is 257 g/mol. The fourth-order valence-electron chi connectivity index (χ4n) is 2.69. The average Bonchev–Trinajstić information content (AvgIpc) is 2.67. The van der Waals surface area contributed by atoms with Gasteiger partial charge in [0.05, 0.1) is 11.7 Å². The molecule has 0 aliphatic heterocycles. The molecule has 0 radical (unpaired) electrons. The molecule has 102 valence electrons.